The van der Waals surface area contributed by atoms with Crippen molar-refractivity contribution in [2.75, 3.05) is 6.61 Å². The molecule has 2 atom stereocenters. The second kappa shape index (κ2) is 3.97. The third-order valence-corrected chi connectivity index (χ3v) is 2.24. The zero-order valence-corrected chi connectivity index (χ0v) is 7.10. The fourth-order valence-corrected chi connectivity index (χ4v) is 1.59. The van der Waals surface area contributed by atoms with E-state index in [1.54, 1.807) is 0 Å². The van der Waals surface area contributed by atoms with Crippen LogP contribution in [0.4, 0.5) is 0 Å². The normalized spacial score (nSPS) is 34.2. The Kier molecular flexibility index (Phi) is 3.20. The molecule has 1 nitrogen and oxygen atoms in total. The summed E-state index contributed by atoms with van der Waals surface area (Å²) in [5, 5.41) is 0. The van der Waals surface area contributed by atoms with Gasteiger partial charge in [-0.25, -0.2) is 0 Å². The first-order valence-electron chi connectivity index (χ1n) is 4.44. The molecule has 0 N–H and O–H groups in total. The quantitative estimate of drug-likeness (QED) is 0.576. The molecule has 0 spiro atoms. The fraction of sp³-hybridized carbons (Fsp3) is 1.00. The number of rotatable bonds is 2. The number of ether oxygens (including phenoxy) is 1. The maximum absolute atomic E-state index is 5.59. The Hall–Kier alpha value is -0.0400. The van der Waals surface area contributed by atoms with Gasteiger partial charge in [0.2, 0.25) is 0 Å². The molecule has 0 aromatic carbocycles. The van der Waals surface area contributed by atoms with Gasteiger partial charge in [0.25, 0.3) is 0 Å². The lowest BCUT2D eigenvalue weighted by Crippen LogP contribution is -2.23. The fourth-order valence-electron chi connectivity index (χ4n) is 1.59. The highest BCUT2D eigenvalue weighted by Crippen LogP contribution is 2.21. The molecule has 1 fully saturated rings. The van der Waals surface area contributed by atoms with E-state index in [1.807, 2.05) is 0 Å². The van der Waals surface area contributed by atoms with Gasteiger partial charge in [0, 0.05) is 6.61 Å². The summed E-state index contributed by atoms with van der Waals surface area (Å²) < 4.78 is 5.59. The predicted octanol–water partition coefficient (Wildman–Crippen LogP) is 2.60. The molecule has 1 rings (SSSR count). The minimum Gasteiger partial charge on any atom is -0.378 e. The molecule has 1 aliphatic rings. The summed E-state index contributed by atoms with van der Waals surface area (Å²) in [6, 6.07) is 0. The van der Waals surface area contributed by atoms with Crippen molar-refractivity contribution in [2.45, 2.75) is 45.6 Å². The van der Waals surface area contributed by atoms with E-state index >= 15 is 0 Å². The summed E-state index contributed by atoms with van der Waals surface area (Å²) in [5.41, 5.74) is 0. The highest BCUT2D eigenvalue weighted by Gasteiger charge is 2.17. The zero-order valence-electron chi connectivity index (χ0n) is 7.10. The topological polar surface area (TPSA) is 9.23 Å². The summed E-state index contributed by atoms with van der Waals surface area (Å²) in [6.45, 7) is 5.54. The summed E-state index contributed by atoms with van der Waals surface area (Å²) in [5.74, 6) is 0.894. The molecule has 1 heterocycles. The molecule has 0 amide bonds. The maximum atomic E-state index is 5.59. The van der Waals surface area contributed by atoms with Crippen molar-refractivity contribution in [3.05, 3.63) is 0 Å². The van der Waals surface area contributed by atoms with Crippen LogP contribution in [0.1, 0.15) is 39.5 Å². The van der Waals surface area contributed by atoms with E-state index in [4.69, 9.17) is 4.74 Å². The molecule has 0 radical (unpaired) electrons. The lowest BCUT2D eigenvalue weighted by Gasteiger charge is -2.26. The average molecular weight is 142 g/mol. The van der Waals surface area contributed by atoms with Crippen LogP contribution in [0.3, 0.4) is 0 Å². The maximum Gasteiger partial charge on any atom is 0.0577 e. The summed E-state index contributed by atoms with van der Waals surface area (Å²) in [7, 11) is 0. The second-order valence-electron chi connectivity index (χ2n) is 3.41. The van der Waals surface area contributed by atoms with E-state index in [9.17, 15) is 0 Å². The number of hydrogen-bond acceptors (Lipinski definition) is 1. The van der Waals surface area contributed by atoms with E-state index < -0.39 is 0 Å². The molecular formula is C9H18O. The van der Waals surface area contributed by atoms with Gasteiger partial charge in [-0.3, -0.25) is 0 Å². The van der Waals surface area contributed by atoms with Crippen LogP contribution in [0.5, 0.6) is 0 Å². The Morgan fingerprint density at radius 2 is 2.30 bits per heavy atom. The molecule has 0 bridgehead atoms. The Balaban J connectivity index is 2.18. The Morgan fingerprint density at radius 1 is 1.50 bits per heavy atom. The molecule has 0 saturated carbocycles. The molecule has 10 heavy (non-hydrogen) atoms. The smallest absolute Gasteiger partial charge is 0.0577 e. The predicted molar refractivity (Wildman–Crippen MR) is 43.0 cm³/mol. The summed E-state index contributed by atoms with van der Waals surface area (Å²) in [4.78, 5) is 0. The van der Waals surface area contributed by atoms with Gasteiger partial charge in [-0.15, -0.1) is 0 Å². The second-order valence-corrected chi connectivity index (χ2v) is 3.41. The van der Waals surface area contributed by atoms with Crippen molar-refractivity contribution in [3.63, 3.8) is 0 Å². The van der Waals surface area contributed by atoms with Crippen LogP contribution < -0.4 is 0 Å². The van der Waals surface area contributed by atoms with Crippen molar-refractivity contribution in [2.24, 2.45) is 5.92 Å². The van der Waals surface area contributed by atoms with E-state index in [0.717, 1.165) is 12.5 Å². The molecule has 60 valence electrons. The van der Waals surface area contributed by atoms with Crippen LogP contribution >= 0.6 is 0 Å². The van der Waals surface area contributed by atoms with Crippen LogP contribution in [0, 0.1) is 5.92 Å². The molecule has 0 aliphatic carbocycles. The van der Waals surface area contributed by atoms with Gasteiger partial charge in [0.1, 0.15) is 0 Å². The van der Waals surface area contributed by atoms with E-state index in [-0.39, 0.29) is 0 Å². The molecule has 0 aromatic heterocycles. The van der Waals surface area contributed by atoms with Gasteiger partial charge < -0.3 is 4.74 Å². The van der Waals surface area contributed by atoms with Crippen molar-refractivity contribution in [3.8, 4) is 0 Å². The van der Waals surface area contributed by atoms with Crippen LogP contribution in [0.2, 0.25) is 0 Å². The van der Waals surface area contributed by atoms with Gasteiger partial charge >= 0.3 is 0 Å². The van der Waals surface area contributed by atoms with Crippen LogP contribution in [0.25, 0.3) is 0 Å². The third kappa shape index (κ3) is 2.30. The van der Waals surface area contributed by atoms with E-state index in [1.165, 1.54) is 25.7 Å². The van der Waals surface area contributed by atoms with Crippen LogP contribution in [0.15, 0.2) is 0 Å². The average Bonchev–Trinajstić information content (AvgIpc) is 1.88. The zero-order chi connectivity index (χ0) is 7.40. The monoisotopic (exact) mass is 142 g/mol. The van der Waals surface area contributed by atoms with Crippen molar-refractivity contribution >= 4 is 0 Å². The molecule has 0 aromatic rings. The Morgan fingerprint density at radius 3 is 2.90 bits per heavy atom. The van der Waals surface area contributed by atoms with Gasteiger partial charge in [-0.2, -0.15) is 0 Å². The minimum absolute atomic E-state index is 0.578. The molecule has 1 aliphatic heterocycles. The molecule has 1 unspecified atom stereocenters. The van der Waals surface area contributed by atoms with E-state index in [0.29, 0.717) is 6.10 Å². The minimum atomic E-state index is 0.578. The first-order chi connectivity index (χ1) is 4.83. The molecule has 1 heteroatoms. The highest BCUT2D eigenvalue weighted by molar-refractivity contribution is 4.67. The van der Waals surface area contributed by atoms with Gasteiger partial charge in [-0.1, -0.05) is 20.3 Å². The highest BCUT2D eigenvalue weighted by atomic mass is 16.5. The van der Waals surface area contributed by atoms with Crippen molar-refractivity contribution in [1.82, 2.24) is 0 Å². The lowest BCUT2D eigenvalue weighted by molar-refractivity contribution is -0.00950. The Labute approximate surface area is 63.8 Å². The van der Waals surface area contributed by atoms with Crippen molar-refractivity contribution < 1.29 is 4.74 Å². The Bertz CT molecular complexity index is 88.7. The largest absolute Gasteiger partial charge is 0.378 e. The van der Waals surface area contributed by atoms with Crippen molar-refractivity contribution in [1.29, 1.82) is 0 Å². The lowest BCUT2D eigenvalue weighted by atomic mass is 9.95. The number of hydrogen-bond donors (Lipinski definition) is 0. The van der Waals surface area contributed by atoms with Gasteiger partial charge in [0.15, 0.2) is 0 Å². The first-order valence-corrected chi connectivity index (χ1v) is 4.44. The van der Waals surface area contributed by atoms with Crippen LogP contribution in [-0.2, 0) is 4.74 Å². The molecule has 1 saturated heterocycles. The van der Waals surface area contributed by atoms with Crippen LogP contribution in [-0.4, -0.2) is 12.7 Å². The standard InChI is InChI=1S/C9H18O/c1-3-4-9-7-8(2)5-6-10-9/h8-9H,3-7H2,1-2H3/t8?,9-/m0/s1. The first kappa shape index (κ1) is 8.06. The van der Waals surface area contributed by atoms with Gasteiger partial charge in [-0.05, 0) is 25.2 Å². The third-order valence-electron chi connectivity index (χ3n) is 2.24. The van der Waals surface area contributed by atoms with E-state index in [2.05, 4.69) is 13.8 Å². The summed E-state index contributed by atoms with van der Waals surface area (Å²) >= 11 is 0. The SMILES string of the molecule is CCC[C@H]1CC(C)CCO1. The van der Waals surface area contributed by atoms with Gasteiger partial charge in [0.05, 0.1) is 6.10 Å². The summed E-state index contributed by atoms with van der Waals surface area (Å²) in [6.07, 6.45) is 5.64. The molecular weight excluding hydrogens is 124 g/mol.